The molecule has 0 unspecified atom stereocenters. The molecule has 0 bridgehead atoms. The summed E-state index contributed by atoms with van der Waals surface area (Å²) in [5, 5.41) is 5.57. The molecule has 138 valence electrons. The van der Waals surface area contributed by atoms with Gasteiger partial charge in [-0.3, -0.25) is 9.59 Å². The molecule has 0 fully saturated rings. The number of aromatic nitrogens is 3. The molecule has 5 nitrogen and oxygen atoms in total. The Morgan fingerprint density at radius 2 is 1.44 bits per heavy atom. The smallest absolute Gasteiger partial charge is 0.265 e. The first-order chi connectivity index (χ1) is 12.8. The second-order valence-electron chi connectivity index (χ2n) is 5.71. The molecule has 2 aromatic carbocycles. The van der Waals surface area contributed by atoms with E-state index in [1.807, 2.05) is 0 Å². The van der Waals surface area contributed by atoms with Gasteiger partial charge in [-0.15, -0.1) is 4.68 Å². The minimum atomic E-state index is -0.223. The lowest BCUT2D eigenvalue weighted by Gasteiger charge is -2.02. The maximum absolute atomic E-state index is 12.4. The van der Waals surface area contributed by atoms with E-state index in [0.717, 1.165) is 0 Å². The number of carbonyl (C=O) groups is 2. The molecule has 3 rings (SSSR count). The number of carbonyl (C=O) groups excluding carboxylic acids is 2. The van der Waals surface area contributed by atoms with Gasteiger partial charge in [-0.05, 0) is 36.4 Å². The summed E-state index contributed by atoms with van der Waals surface area (Å²) in [6.07, 6.45) is 3.02. The first kappa shape index (κ1) is 19.8. The van der Waals surface area contributed by atoms with Gasteiger partial charge in [-0.2, -0.15) is 0 Å². The zero-order valence-corrected chi connectivity index (χ0v) is 16.7. The van der Waals surface area contributed by atoms with Crippen LogP contribution in [0.25, 0.3) is 0 Å². The zero-order chi connectivity index (χ0) is 19.6. The molecule has 1 heterocycles. The molecule has 0 aliphatic carbocycles. The summed E-state index contributed by atoms with van der Waals surface area (Å²) in [7, 11) is 0. The Balaban J connectivity index is 1.69. The van der Waals surface area contributed by atoms with Crippen LogP contribution in [-0.2, 0) is 13.1 Å². The van der Waals surface area contributed by atoms with E-state index >= 15 is 0 Å². The van der Waals surface area contributed by atoms with Crippen LogP contribution in [0.5, 0.6) is 0 Å². The maximum atomic E-state index is 12.4. The fraction of sp³-hybridized carbons (Fsp3) is 0.111. The minimum absolute atomic E-state index is 0.0236. The normalized spacial score (nSPS) is 10.8. The molecule has 1 aromatic heterocycles. The standard InChI is InChI=1S/C18H12Cl4N3O2/c19-11-1-3-13(15(21)5-11)17(26)7-24-9-23-25(10-24)8-18(27)14-4-2-12(20)6-16(14)22/h1-6,9-10H,7-8H2/q+1. The number of nitrogens with zero attached hydrogens (tertiary/aromatic N) is 3. The monoisotopic (exact) mass is 442 g/mol. The highest BCUT2D eigenvalue weighted by Gasteiger charge is 2.18. The molecule has 0 aliphatic rings. The van der Waals surface area contributed by atoms with Gasteiger partial charge in [0.2, 0.25) is 12.1 Å². The summed E-state index contributed by atoms with van der Waals surface area (Å²) in [5.74, 6) is -0.424. The second-order valence-corrected chi connectivity index (χ2v) is 7.40. The van der Waals surface area contributed by atoms with Gasteiger partial charge in [-0.1, -0.05) is 46.4 Å². The van der Waals surface area contributed by atoms with E-state index in [9.17, 15) is 9.59 Å². The van der Waals surface area contributed by atoms with Crippen molar-refractivity contribution in [3.63, 3.8) is 0 Å². The topological polar surface area (TPSA) is 55.8 Å². The Kier molecular flexibility index (Phi) is 6.17. The molecule has 0 radical (unpaired) electrons. The van der Waals surface area contributed by atoms with Crippen molar-refractivity contribution >= 4 is 58.0 Å². The van der Waals surface area contributed by atoms with Crippen LogP contribution in [0.2, 0.25) is 20.1 Å². The van der Waals surface area contributed by atoms with Gasteiger partial charge in [0.15, 0.2) is 12.3 Å². The molecule has 0 amide bonds. The highest BCUT2D eigenvalue weighted by molar-refractivity contribution is 6.37. The van der Waals surface area contributed by atoms with Crippen LogP contribution in [0.4, 0.5) is 0 Å². The van der Waals surface area contributed by atoms with E-state index in [0.29, 0.717) is 21.2 Å². The molecule has 9 heteroatoms. The number of hydrogen-bond acceptors (Lipinski definition) is 3. The lowest BCUT2D eigenvalue weighted by atomic mass is 10.1. The van der Waals surface area contributed by atoms with E-state index in [2.05, 4.69) is 5.10 Å². The molecule has 0 aliphatic heterocycles. The van der Waals surface area contributed by atoms with E-state index in [4.69, 9.17) is 46.4 Å². The number of rotatable bonds is 6. The maximum Gasteiger partial charge on any atom is 0.265 e. The average Bonchev–Trinajstić information content (AvgIpc) is 3.01. The van der Waals surface area contributed by atoms with Crippen LogP contribution in [0.15, 0.2) is 49.1 Å². The van der Waals surface area contributed by atoms with Gasteiger partial charge in [0.25, 0.3) is 6.33 Å². The number of benzene rings is 2. The molecule has 0 saturated heterocycles. The lowest BCUT2D eigenvalue weighted by Crippen LogP contribution is -2.36. The highest BCUT2D eigenvalue weighted by Crippen LogP contribution is 2.22. The summed E-state index contributed by atoms with van der Waals surface area (Å²) >= 11 is 23.8. The van der Waals surface area contributed by atoms with Crippen molar-refractivity contribution in [2.24, 2.45) is 0 Å². The van der Waals surface area contributed by atoms with Gasteiger partial charge in [-0.25, -0.2) is 4.57 Å². The molecule has 0 N–H and O–H groups in total. The Morgan fingerprint density at radius 1 is 0.889 bits per heavy atom. The summed E-state index contributed by atoms with van der Waals surface area (Å²) < 4.78 is 2.98. The Labute approximate surface area is 175 Å². The fourth-order valence-electron chi connectivity index (χ4n) is 2.44. The third-order valence-corrected chi connectivity index (χ3v) is 4.82. The van der Waals surface area contributed by atoms with Crippen LogP contribution < -0.4 is 4.57 Å². The highest BCUT2D eigenvalue weighted by atomic mass is 35.5. The number of hydrogen-bond donors (Lipinski definition) is 0. The minimum Gasteiger partial charge on any atom is -0.290 e. The van der Waals surface area contributed by atoms with E-state index in [1.165, 1.54) is 23.1 Å². The second kappa shape index (κ2) is 8.40. The summed E-state index contributed by atoms with van der Waals surface area (Å²) in [4.78, 5) is 24.8. The molecule has 27 heavy (non-hydrogen) atoms. The van der Waals surface area contributed by atoms with Gasteiger partial charge < -0.3 is 0 Å². The molecule has 0 spiro atoms. The number of halogens is 4. The van der Waals surface area contributed by atoms with Crippen molar-refractivity contribution in [3.05, 3.63) is 80.3 Å². The van der Waals surface area contributed by atoms with Crippen molar-refractivity contribution in [2.45, 2.75) is 13.1 Å². The Morgan fingerprint density at radius 3 is 2.00 bits per heavy atom. The van der Waals surface area contributed by atoms with Gasteiger partial charge in [0, 0.05) is 26.3 Å². The largest absolute Gasteiger partial charge is 0.290 e. The van der Waals surface area contributed by atoms with Crippen LogP contribution in [0.3, 0.4) is 0 Å². The summed E-state index contributed by atoms with van der Waals surface area (Å²) in [5.41, 5.74) is 0.720. The zero-order valence-electron chi connectivity index (χ0n) is 13.7. The summed E-state index contributed by atoms with van der Waals surface area (Å²) in [6.45, 7) is 0.00148. The SMILES string of the molecule is O=C(Cn1c[n+](CC(=O)c2ccc(Cl)cc2Cl)cn1)c1ccc(Cl)cc1Cl. The van der Waals surface area contributed by atoms with Crippen molar-refractivity contribution in [2.75, 3.05) is 0 Å². The third-order valence-electron chi connectivity index (χ3n) is 3.72. The first-order valence-corrected chi connectivity index (χ1v) is 9.22. The quantitative estimate of drug-likeness (QED) is 0.414. The van der Waals surface area contributed by atoms with E-state index in [-0.39, 0.29) is 34.7 Å². The predicted molar refractivity (Wildman–Crippen MR) is 104 cm³/mol. The molecule has 3 aromatic rings. The molecule has 0 atom stereocenters. The molecule has 0 saturated carbocycles. The molecular formula is C18H12Cl4N3O2+. The Bertz CT molecular complexity index is 953. The summed E-state index contributed by atoms with van der Waals surface area (Å²) in [6, 6.07) is 9.36. The number of ketones is 2. The predicted octanol–water partition coefficient (Wildman–Crippen LogP) is 4.55. The van der Waals surface area contributed by atoms with E-state index in [1.54, 1.807) is 35.2 Å². The van der Waals surface area contributed by atoms with Crippen molar-refractivity contribution in [1.82, 2.24) is 9.78 Å². The van der Waals surface area contributed by atoms with Crippen molar-refractivity contribution in [3.8, 4) is 0 Å². The van der Waals surface area contributed by atoms with Gasteiger partial charge in [0.05, 0.1) is 10.0 Å². The number of Topliss-reactive ketones (excluding diaryl/α,β-unsaturated/α-hetero) is 2. The van der Waals surface area contributed by atoms with Crippen molar-refractivity contribution < 1.29 is 14.2 Å². The van der Waals surface area contributed by atoms with Crippen molar-refractivity contribution in [1.29, 1.82) is 0 Å². The van der Waals surface area contributed by atoms with Crippen LogP contribution in [-0.4, -0.2) is 21.3 Å². The van der Waals surface area contributed by atoms with Crippen LogP contribution >= 0.6 is 46.4 Å². The average molecular weight is 444 g/mol. The van der Waals surface area contributed by atoms with E-state index < -0.39 is 0 Å². The van der Waals surface area contributed by atoms with Gasteiger partial charge >= 0.3 is 0 Å². The van der Waals surface area contributed by atoms with Crippen LogP contribution in [0.1, 0.15) is 20.7 Å². The first-order valence-electron chi connectivity index (χ1n) is 7.71. The fourth-order valence-corrected chi connectivity index (χ4v) is 3.47. The third kappa shape index (κ3) is 4.87. The Hall–Kier alpha value is -1.92. The van der Waals surface area contributed by atoms with Crippen LogP contribution in [0, 0.1) is 0 Å². The lowest BCUT2D eigenvalue weighted by molar-refractivity contribution is -0.683. The molecular weight excluding hydrogens is 432 g/mol. The van der Waals surface area contributed by atoms with Gasteiger partial charge in [0.1, 0.15) is 6.54 Å².